The molecule has 0 aliphatic heterocycles. The lowest BCUT2D eigenvalue weighted by atomic mass is 9.99. The third-order valence-corrected chi connectivity index (χ3v) is 5.72. The van der Waals surface area contributed by atoms with Gasteiger partial charge in [-0.15, -0.1) is 10.2 Å². The van der Waals surface area contributed by atoms with Crippen LogP contribution in [0, 0.1) is 10.1 Å². The number of nitro benzene ring substituents is 1. The fourth-order valence-electron chi connectivity index (χ4n) is 3.79. The number of nitrogens with zero attached hydrogens (tertiary/aromatic N) is 3. The fourth-order valence-corrected chi connectivity index (χ4v) is 3.79. The maximum atomic E-state index is 13.3. The molecule has 1 heterocycles. The Morgan fingerprint density at radius 1 is 0.737 bits per heavy atom. The molecule has 1 aromatic heterocycles. The molecule has 38 heavy (non-hydrogen) atoms. The van der Waals surface area contributed by atoms with Gasteiger partial charge < -0.3 is 9.15 Å². The van der Waals surface area contributed by atoms with Crippen LogP contribution < -0.4 is 0 Å². The number of esters is 1. The van der Waals surface area contributed by atoms with Gasteiger partial charge in [0.1, 0.15) is 0 Å². The summed E-state index contributed by atoms with van der Waals surface area (Å²) in [6.45, 7) is 0. The lowest BCUT2D eigenvalue weighted by molar-refractivity contribution is -0.384. The molecule has 5 aromatic rings. The first kappa shape index (κ1) is 24.3. The monoisotopic (exact) mass is 505 g/mol. The van der Waals surface area contributed by atoms with E-state index in [1.165, 1.54) is 30.3 Å². The minimum Gasteiger partial charge on any atom is -0.445 e. The Bertz CT molecular complexity index is 1600. The maximum absolute atomic E-state index is 13.3. The summed E-state index contributed by atoms with van der Waals surface area (Å²) >= 11 is 0. The van der Waals surface area contributed by atoms with Gasteiger partial charge in [-0.1, -0.05) is 54.6 Å². The van der Waals surface area contributed by atoms with Gasteiger partial charge in [-0.05, 0) is 42.5 Å². The first-order valence-corrected chi connectivity index (χ1v) is 11.5. The summed E-state index contributed by atoms with van der Waals surface area (Å²) in [5.41, 5.74) is 1.90. The minimum absolute atomic E-state index is 0.145. The predicted octanol–water partition coefficient (Wildman–Crippen LogP) is 6.09. The van der Waals surface area contributed by atoms with Crippen molar-refractivity contribution >= 4 is 17.4 Å². The normalized spacial score (nSPS) is 11.5. The Labute approximate surface area is 216 Å². The van der Waals surface area contributed by atoms with Gasteiger partial charge in [0.05, 0.1) is 10.5 Å². The average Bonchev–Trinajstić information content (AvgIpc) is 3.47. The van der Waals surface area contributed by atoms with Crippen LogP contribution in [0.1, 0.15) is 32.4 Å². The smallest absolute Gasteiger partial charge is 0.339 e. The van der Waals surface area contributed by atoms with E-state index in [0.29, 0.717) is 22.6 Å². The second-order valence-electron chi connectivity index (χ2n) is 8.22. The number of ketones is 1. The van der Waals surface area contributed by atoms with E-state index in [1.807, 2.05) is 30.3 Å². The summed E-state index contributed by atoms with van der Waals surface area (Å²) in [5.74, 6) is -0.679. The number of hydrogen-bond acceptors (Lipinski definition) is 8. The van der Waals surface area contributed by atoms with Crippen molar-refractivity contribution in [3.63, 3.8) is 0 Å². The van der Waals surface area contributed by atoms with E-state index in [-0.39, 0.29) is 17.1 Å². The number of nitro groups is 1. The van der Waals surface area contributed by atoms with E-state index in [0.717, 1.165) is 5.56 Å². The molecule has 0 aliphatic carbocycles. The maximum Gasteiger partial charge on any atom is 0.339 e. The second kappa shape index (κ2) is 10.7. The Kier molecular flexibility index (Phi) is 6.81. The molecule has 0 aliphatic rings. The molecule has 0 bridgehead atoms. The lowest BCUT2D eigenvalue weighted by Gasteiger charge is -2.17. The van der Waals surface area contributed by atoms with Crippen LogP contribution in [0.25, 0.3) is 22.9 Å². The highest BCUT2D eigenvalue weighted by molar-refractivity contribution is 6.02. The van der Waals surface area contributed by atoms with Crippen molar-refractivity contribution < 1.29 is 23.7 Å². The molecule has 186 valence electrons. The Hall–Kier alpha value is -5.44. The number of benzene rings is 4. The van der Waals surface area contributed by atoms with E-state index in [9.17, 15) is 19.7 Å². The van der Waals surface area contributed by atoms with Gasteiger partial charge in [-0.25, -0.2) is 4.79 Å². The first-order valence-electron chi connectivity index (χ1n) is 11.5. The van der Waals surface area contributed by atoms with Crippen molar-refractivity contribution in [2.75, 3.05) is 0 Å². The quantitative estimate of drug-likeness (QED) is 0.107. The van der Waals surface area contributed by atoms with Gasteiger partial charge >= 0.3 is 5.97 Å². The van der Waals surface area contributed by atoms with Crippen LogP contribution in [0.5, 0.6) is 0 Å². The summed E-state index contributed by atoms with van der Waals surface area (Å²) in [6.07, 6.45) is -1.32. The van der Waals surface area contributed by atoms with E-state index >= 15 is 0 Å². The van der Waals surface area contributed by atoms with E-state index in [1.54, 1.807) is 48.5 Å². The molecule has 0 unspecified atom stereocenters. The Morgan fingerprint density at radius 2 is 1.32 bits per heavy atom. The number of carbonyl (C=O) groups excluding carboxylic acids is 2. The van der Waals surface area contributed by atoms with Crippen molar-refractivity contribution in [1.82, 2.24) is 10.2 Å². The topological polar surface area (TPSA) is 125 Å². The number of non-ortho nitro benzene ring substituents is 1. The molecule has 0 spiro atoms. The van der Waals surface area contributed by atoms with Crippen LogP contribution in [0.2, 0.25) is 0 Å². The third kappa shape index (κ3) is 5.21. The van der Waals surface area contributed by atoms with Crippen LogP contribution in [-0.2, 0) is 4.74 Å². The number of carbonyl (C=O) groups is 2. The number of aromatic nitrogens is 2. The van der Waals surface area contributed by atoms with Crippen LogP contribution >= 0.6 is 0 Å². The highest BCUT2D eigenvalue weighted by atomic mass is 16.6. The zero-order valence-corrected chi connectivity index (χ0v) is 19.8. The number of rotatable bonds is 8. The van der Waals surface area contributed by atoms with Crippen LogP contribution in [-0.4, -0.2) is 26.9 Å². The molecule has 5 rings (SSSR count). The predicted molar refractivity (Wildman–Crippen MR) is 137 cm³/mol. The van der Waals surface area contributed by atoms with Gasteiger partial charge in [0, 0.05) is 34.4 Å². The SMILES string of the molecule is O=C(O[C@@H](C(=O)c1ccccc1)c1ccc([N+](=O)[O-])cc1)c1cccc(-c2nnc(-c3ccccc3)o2)c1. The average molecular weight is 505 g/mol. The van der Waals surface area contributed by atoms with Gasteiger partial charge in [0.2, 0.25) is 17.6 Å². The van der Waals surface area contributed by atoms with Crippen molar-refractivity contribution in [3.8, 4) is 22.9 Å². The van der Waals surface area contributed by atoms with Gasteiger partial charge in [0.15, 0.2) is 6.10 Å². The van der Waals surface area contributed by atoms with Crippen LogP contribution in [0.15, 0.2) is 114 Å². The molecule has 0 fully saturated rings. The molecule has 0 saturated carbocycles. The standard InChI is InChI=1S/C29H19N3O6/c33-25(19-8-3-1-4-9-19)26(20-14-16-24(17-15-20)32(35)36)37-29(34)23-13-7-12-22(18-23)28-31-30-27(38-28)21-10-5-2-6-11-21/h1-18,26H/t26-/m1/s1. The Morgan fingerprint density at radius 3 is 1.97 bits per heavy atom. The first-order chi connectivity index (χ1) is 18.5. The zero-order valence-electron chi connectivity index (χ0n) is 19.8. The molecule has 0 radical (unpaired) electrons. The number of ether oxygens (including phenoxy) is 1. The number of Topliss-reactive ketones (excluding diaryl/α,β-unsaturated/α-hetero) is 1. The molecule has 1 atom stereocenters. The third-order valence-electron chi connectivity index (χ3n) is 5.72. The van der Waals surface area contributed by atoms with Crippen molar-refractivity contribution in [3.05, 3.63) is 136 Å². The van der Waals surface area contributed by atoms with Gasteiger partial charge in [-0.3, -0.25) is 14.9 Å². The highest BCUT2D eigenvalue weighted by Gasteiger charge is 2.27. The summed E-state index contributed by atoms with van der Waals surface area (Å²) in [5, 5.41) is 19.2. The van der Waals surface area contributed by atoms with Crippen LogP contribution in [0.4, 0.5) is 5.69 Å². The Balaban J connectivity index is 1.42. The van der Waals surface area contributed by atoms with Gasteiger partial charge in [0.25, 0.3) is 5.69 Å². The van der Waals surface area contributed by atoms with Crippen molar-refractivity contribution in [2.24, 2.45) is 0 Å². The molecular formula is C29H19N3O6. The highest BCUT2D eigenvalue weighted by Crippen LogP contribution is 2.28. The second-order valence-corrected chi connectivity index (χ2v) is 8.22. The molecule has 0 N–H and O–H groups in total. The minimum atomic E-state index is -1.32. The van der Waals surface area contributed by atoms with Crippen molar-refractivity contribution in [1.29, 1.82) is 0 Å². The number of hydrogen-bond donors (Lipinski definition) is 0. The summed E-state index contributed by atoms with van der Waals surface area (Å²) < 4.78 is 11.5. The fraction of sp³-hybridized carbons (Fsp3) is 0.0345. The van der Waals surface area contributed by atoms with Crippen molar-refractivity contribution in [2.45, 2.75) is 6.10 Å². The molecule has 0 amide bonds. The summed E-state index contributed by atoms with van der Waals surface area (Å²) in [6, 6.07) is 29.4. The largest absolute Gasteiger partial charge is 0.445 e. The molecule has 4 aromatic carbocycles. The summed E-state index contributed by atoms with van der Waals surface area (Å²) in [4.78, 5) is 37.0. The molecule has 9 nitrogen and oxygen atoms in total. The van der Waals surface area contributed by atoms with E-state index < -0.39 is 22.8 Å². The lowest BCUT2D eigenvalue weighted by Crippen LogP contribution is -2.20. The zero-order chi connectivity index (χ0) is 26.5. The van der Waals surface area contributed by atoms with E-state index in [2.05, 4.69) is 10.2 Å². The molecule has 9 heteroatoms. The van der Waals surface area contributed by atoms with E-state index in [4.69, 9.17) is 9.15 Å². The molecule has 0 saturated heterocycles. The van der Waals surface area contributed by atoms with Crippen LogP contribution in [0.3, 0.4) is 0 Å². The molecular weight excluding hydrogens is 486 g/mol. The summed E-state index contributed by atoms with van der Waals surface area (Å²) in [7, 11) is 0. The van der Waals surface area contributed by atoms with Gasteiger partial charge in [-0.2, -0.15) is 0 Å².